The Bertz CT molecular complexity index is 710. The molecule has 1 aliphatic carbocycles. The van der Waals surface area contributed by atoms with Gasteiger partial charge in [-0.2, -0.15) is 5.10 Å². The summed E-state index contributed by atoms with van der Waals surface area (Å²) in [5.41, 5.74) is 2.38. The number of carbonyl (C=O) groups excluding carboxylic acids is 1. The van der Waals surface area contributed by atoms with Crippen molar-refractivity contribution in [1.82, 2.24) is 25.1 Å². The molecule has 0 radical (unpaired) electrons. The van der Waals surface area contributed by atoms with E-state index >= 15 is 0 Å². The molecule has 7 nitrogen and oxygen atoms in total. The van der Waals surface area contributed by atoms with Gasteiger partial charge in [-0.25, -0.2) is 14.6 Å². The summed E-state index contributed by atoms with van der Waals surface area (Å²) >= 11 is 0. The fraction of sp³-hybridized carbons (Fsp3) is 0.467. The smallest absolute Gasteiger partial charge is 0.272 e. The van der Waals surface area contributed by atoms with Gasteiger partial charge in [0.1, 0.15) is 5.82 Å². The van der Waals surface area contributed by atoms with Crippen LogP contribution in [-0.2, 0) is 13.5 Å². The maximum absolute atomic E-state index is 12.4. The van der Waals surface area contributed by atoms with E-state index < -0.39 is 0 Å². The summed E-state index contributed by atoms with van der Waals surface area (Å²) in [6.07, 6.45) is 4.64. The summed E-state index contributed by atoms with van der Waals surface area (Å²) in [5, 5.41) is 7.19. The predicted molar refractivity (Wildman–Crippen MR) is 79.7 cm³/mol. The number of rotatable bonds is 3. The third kappa shape index (κ3) is 2.66. The Kier molecular flexibility index (Phi) is 3.79. The van der Waals surface area contributed by atoms with Crippen LogP contribution < -0.4 is 10.1 Å². The van der Waals surface area contributed by atoms with Gasteiger partial charge in [0, 0.05) is 30.6 Å². The lowest BCUT2D eigenvalue weighted by molar-refractivity contribution is 0.0926. The number of ether oxygens (including phenoxy) is 1. The zero-order valence-electron chi connectivity index (χ0n) is 13.0. The Hall–Kier alpha value is -2.44. The first-order valence-corrected chi connectivity index (χ1v) is 7.30. The number of hydrogen-bond acceptors (Lipinski definition) is 5. The Balaban J connectivity index is 1.80. The Morgan fingerprint density at radius 2 is 2.32 bits per heavy atom. The van der Waals surface area contributed by atoms with E-state index in [1.807, 2.05) is 13.1 Å². The van der Waals surface area contributed by atoms with Crippen molar-refractivity contribution < 1.29 is 9.53 Å². The topological polar surface area (TPSA) is 81.9 Å². The van der Waals surface area contributed by atoms with Crippen LogP contribution in [0.15, 0.2) is 12.3 Å². The zero-order valence-corrected chi connectivity index (χ0v) is 13.0. The van der Waals surface area contributed by atoms with Crippen molar-refractivity contribution in [3.63, 3.8) is 0 Å². The van der Waals surface area contributed by atoms with Gasteiger partial charge in [-0.3, -0.25) is 4.79 Å². The van der Waals surface area contributed by atoms with Gasteiger partial charge in [-0.1, -0.05) is 0 Å². The van der Waals surface area contributed by atoms with Crippen LogP contribution in [0.25, 0.3) is 0 Å². The molecule has 1 atom stereocenters. The molecule has 3 rings (SSSR count). The van der Waals surface area contributed by atoms with E-state index in [0.29, 0.717) is 11.6 Å². The molecule has 0 unspecified atom stereocenters. The molecule has 1 N–H and O–H groups in total. The second kappa shape index (κ2) is 5.75. The fourth-order valence-corrected chi connectivity index (χ4v) is 2.78. The second-order valence-electron chi connectivity index (χ2n) is 5.43. The maximum atomic E-state index is 12.4. The first-order valence-electron chi connectivity index (χ1n) is 7.30. The Morgan fingerprint density at radius 1 is 1.50 bits per heavy atom. The van der Waals surface area contributed by atoms with Gasteiger partial charge in [0.2, 0.25) is 5.88 Å². The average molecular weight is 301 g/mol. The molecule has 1 amide bonds. The van der Waals surface area contributed by atoms with Crippen LogP contribution in [0.4, 0.5) is 0 Å². The molecule has 0 spiro atoms. The highest BCUT2D eigenvalue weighted by atomic mass is 16.5. The molecule has 0 fully saturated rings. The van der Waals surface area contributed by atoms with E-state index in [1.54, 1.807) is 20.2 Å². The van der Waals surface area contributed by atoms with Crippen molar-refractivity contribution in [3.05, 3.63) is 35.0 Å². The molecule has 0 bridgehead atoms. The number of methoxy groups -OCH3 is 1. The van der Waals surface area contributed by atoms with Gasteiger partial charge < -0.3 is 10.1 Å². The minimum Gasteiger partial charge on any atom is -0.481 e. The lowest BCUT2D eigenvalue weighted by Gasteiger charge is -2.25. The molecule has 0 saturated carbocycles. The number of nitrogens with zero attached hydrogens (tertiary/aromatic N) is 4. The lowest BCUT2D eigenvalue weighted by Crippen LogP contribution is -2.32. The second-order valence-corrected chi connectivity index (χ2v) is 5.43. The molecular formula is C15H19N5O2. The van der Waals surface area contributed by atoms with Crippen molar-refractivity contribution in [2.75, 3.05) is 7.11 Å². The molecule has 0 saturated heterocycles. The highest BCUT2D eigenvalue weighted by Gasteiger charge is 2.25. The van der Waals surface area contributed by atoms with Crippen molar-refractivity contribution >= 4 is 5.91 Å². The average Bonchev–Trinajstić information content (AvgIpc) is 2.88. The van der Waals surface area contributed by atoms with Crippen molar-refractivity contribution in [1.29, 1.82) is 0 Å². The minimum absolute atomic E-state index is 0.0650. The third-order valence-electron chi connectivity index (χ3n) is 3.89. The van der Waals surface area contributed by atoms with E-state index in [4.69, 9.17) is 4.74 Å². The predicted octanol–water partition coefficient (Wildman–Crippen LogP) is 1.33. The summed E-state index contributed by atoms with van der Waals surface area (Å²) in [4.78, 5) is 21.1. The van der Waals surface area contributed by atoms with Crippen molar-refractivity contribution in [2.45, 2.75) is 32.2 Å². The van der Waals surface area contributed by atoms with Crippen molar-refractivity contribution in [2.24, 2.45) is 7.05 Å². The maximum Gasteiger partial charge on any atom is 0.272 e. The highest BCUT2D eigenvalue weighted by molar-refractivity contribution is 5.92. The number of aromatic nitrogens is 4. The van der Waals surface area contributed by atoms with E-state index in [9.17, 15) is 4.79 Å². The zero-order chi connectivity index (χ0) is 15.7. The van der Waals surface area contributed by atoms with Crippen LogP contribution in [0.5, 0.6) is 5.88 Å². The van der Waals surface area contributed by atoms with Gasteiger partial charge in [-0.15, -0.1) is 0 Å². The summed E-state index contributed by atoms with van der Waals surface area (Å²) in [6.45, 7) is 1.88. The molecule has 22 heavy (non-hydrogen) atoms. The van der Waals surface area contributed by atoms with Gasteiger partial charge in [0.25, 0.3) is 5.91 Å². The van der Waals surface area contributed by atoms with Crippen LogP contribution >= 0.6 is 0 Å². The fourth-order valence-electron chi connectivity index (χ4n) is 2.78. The van der Waals surface area contributed by atoms with Crippen LogP contribution in [-0.4, -0.2) is 32.8 Å². The van der Waals surface area contributed by atoms with Crippen LogP contribution in [0, 0.1) is 6.92 Å². The quantitative estimate of drug-likeness (QED) is 0.925. The minimum atomic E-state index is -0.211. The van der Waals surface area contributed by atoms with Gasteiger partial charge in [0.05, 0.1) is 13.2 Å². The number of fused-ring (bicyclic) bond motifs is 1. The number of carbonyl (C=O) groups is 1. The molecule has 2 aromatic heterocycles. The standard InChI is InChI=1S/C15H19N5O2/c1-9-16-8-10-11(17-9)5-4-6-12(10)18-15(21)13-7-14(22-3)20(2)19-13/h7-8,12H,4-6H2,1-3H3,(H,18,21)/t12-/m1/s1. The Morgan fingerprint density at radius 3 is 3.05 bits per heavy atom. The van der Waals surface area contributed by atoms with Crippen LogP contribution in [0.1, 0.15) is 46.5 Å². The molecule has 7 heteroatoms. The number of amides is 1. The van der Waals surface area contributed by atoms with Gasteiger partial charge in [0.15, 0.2) is 5.69 Å². The van der Waals surface area contributed by atoms with Gasteiger partial charge in [-0.05, 0) is 26.2 Å². The largest absolute Gasteiger partial charge is 0.481 e. The normalized spacial score (nSPS) is 17.0. The number of hydrogen-bond donors (Lipinski definition) is 1. The van der Waals surface area contributed by atoms with Gasteiger partial charge >= 0.3 is 0 Å². The Labute approximate surface area is 128 Å². The monoisotopic (exact) mass is 301 g/mol. The van der Waals surface area contributed by atoms with E-state index in [0.717, 1.165) is 36.3 Å². The molecule has 0 aromatic carbocycles. The highest BCUT2D eigenvalue weighted by Crippen LogP contribution is 2.28. The molecule has 0 aliphatic heterocycles. The third-order valence-corrected chi connectivity index (χ3v) is 3.89. The summed E-state index contributed by atoms with van der Waals surface area (Å²) < 4.78 is 6.67. The molecule has 1 aliphatic rings. The van der Waals surface area contributed by atoms with E-state index in [-0.39, 0.29) is 11.9 Å². The van der Waals surface area contributed by atoms with E-state index in [2.05, 4.69) is 20.4 Å². The summed E-state index contributed by atoms with van der Waals surface area (Å²) in [7, 11) is 3.29. The first kappa shape index (κ1) is 14.5. The molecule has 2 heterocycles. The molecule has 116 valence electrons. The summed E-state index contributed by atoms with van der Waals surface area (Å²) in [5.74, 6) is 1.10. The van der Waals surface area contributed by atoms with Crippen LogP contribution in [0.3, 0.4) is 0 Å². The number of aryl methyl sites for hydroxylation is 3. The first-order chi connectivity index (χ1) is 10.6. The molecular weight excluding hydrogens is 282 g/mol. The van der Waals surface area contributed by atoms with Crippen molar-refractivity contribution in [3.8, 4) is 5.88 Å². The number of nitrogens with one attached hydrogen (secondary N) is 1. The lowest BCUT2D eigenvalue weighted by atomic mass is 9.92. The molecule has 2 aromatic rings. The van der Waals surface area contributed by atoms with E-state index in [1.165, 1.54) is 4.68 Å². The summed E-state index contributed by atoms with van der Waals surface area (Å²) in [6, 6.07) is 1.56. The van der Waals surface area contributed by atoms with Crippen LogP contribution in [0.2, 0.25) is 0 Å². The SMILES string of the molecule is COc1cc(C(=O)N[C@@H]2CCCc3nc(C)ncc32)nn1C.